The lowest BCUT2D eigenvalue weighted by Crippen LogP contribution is -2.31. The normalized spacial score (nSPS) is 14.4. The Labute approximate surface area is 111 Å². The molecule has 0 aliphatic carbocycles. The highest BCUT2D eigenvalue weighted by atomic mass is 19.1. The van der Waals surface area contributed by atoms with Crippen LogP contribution in [0.4, 0.5) is 4.39 Å². The SMILES string of the molecule is CCCCC(CCC)NC(C)c1ccc(F)cc1. The molecule has 2 unspecified atom stereocenters. The number of hydrogen-bond donors (Lipinski definition) is 1. The molecule has 1 rings (SSSR count). The molecule has 0 radical (unpaired) electrons. The Morgan fingerprint density at radius 2 is 1.72 bits per heavy atom. The van der Waals surface area contributed by atoms with E-state index >= 15 is 0 Å². The molecule has 0 aliphatic rings. The summed E-state index contributed by atoms with van der Waals surface area (Å²) in [6.07, 6.45) is 6.17. The molecule has 1 nitrogen and oxygen atoms in total. The Balaban J connectivity index is 2.53. The van der Waals surface area contributed by atoms with Crippen LogP contribution >= 0.6 is 0 Å². The topological polar surface area (TPSA) is 12.0 Å². The zero-order valence-electron chi connectivity index (χ0n) is 11.9. The Morgan fingerprint density at radius 3 is 2.28 bits per heavy atom. The van der Waals surface area contributed by atoms with Crippen LogP contribution in [0.2, 0.25) is 0 Å². The quantitative estimate of drug-likeness (QED) is 0.697. The first-order valence-electron chi connectivity index (χ1n) is 7.18. The van der Waals surface area contributed by atoms with Gasteiger partial charge in [-0.05, 0) is 37.5 Å². The van der Waals surface area contributed by atoms with Gasteiger partial charge >= 0.3 is 0 Å². The molecule has 0 fully saturated rings. The number of hydrogen-bond acceptors (Lipinski definition) is 1. The van der Waals surface area contributed by atoms with Crippen molar-refractivity contribution in [3.05, 3.63) is 35.6 Å². The fraction of sp³-hybridized carbons (Fsp3) is 0.625. The highest BCUT2D eigenvalue weighted by molar-refractivity contribution is 5.19. The molecule has 1 N–H and O–H groups in total. The Hall–Kier alpha value is -0.890. The maximum absolute atomic E-state index is 12.9. The molecule has 0 aliphatic heterocycles. The van der Waals surface area contributed by atoms with Crippen LogP contribution < -0.4 is 5.32 Å². The van der Waals surface area contributed by atoms with E-state index in [0.29, 0.717) is 12.1 Å². The van der Waals surface area contributed by atoms with Crippen molar-refractivity contribution in [2.45, 2.75) is 65.0 Å². The third kappa shape index (κ3) is 5.18. The van der Waals surface area contributed by atoms with Crippen molar-refractivity contribution in [3.8, 4) is 0 Å². The van der Waals surface area contributed by atoms with Gasteiger partial charge in [0.05, 0.1) is 0 Å². The standard InChI is InChI=1S/C16H26FN/c1-4-6-8-16(7-5-2)18-13(3)14-9-11-15(17)12-10-14/h9-13,16,18H,4-8H2,1-3H3. The molecular weight excluding hydrogens is 225 g/mol. The average molecular weight is 251 g/mol. The Bertz CT molecular complexity index is 320. The molecular formula is C16H26FN. The first-order chi connectivity index (χ1) is 8.67. The molecule has 1 aromatic carbocycles. The number of halogens is 1. The molecule has 0 aromatic heterocycles. The molecule has 1 aromatic rings. The third-order valence-electron chi connectivity index (χ3n) is 3.40. The van der Waals surface area contributed by atoms with Crippen LogP contribution in [0.3, 0.4) is 0 Å². The minimum Gasteiger partial charge on any atom is -0.307 e. The van der Waals surface area contributed by atoms with Crippen molar-refractivity contribution >= 4 is 0 Å². The molecule has 0 spiro atoms. The molecule has 0 amide bonds. The highest BCUT2D eigenvalue weighted by Gasteiger charge is 2.12. The van der Waals surface area contributed by atoms with E-state index in [-0.39, 0.29) is 5.82 Å². The number of unbranched alkanes of at least 4 members (excludes halogenated alkanes) is 1. The van der Waals surface area contributed by atoms with Crippen molar-refractivity contribution in [1.82, 2.24) is 5.32 Å². The lowest BCUT2D eigenvalue weighted by molar-refractivity contribution is 0.396. The van der Waals surface area contributed by atoms with E-state index in [0.717, 1.165) is 5.56 Å². The predicted octanol–water partition coefficient (Wildman–Crippen LogP) is 4.84. The zero-order valence-corrected chi connectivity index (χ0v) is 11.9. The first kappa shape index (κ1) is 15.2. The van der Waals surface area contributed by atoms with Gasteiger partial charge in [0.2, 0.25) is 0 Å². The van der Waals surface area contributed by atoms with E-state index in [1.165, 1.54) is 44.2 Å². The third-order valence-corrected chi connectivity index (χ3v) is 3.40. The molecule has 102 valence electrons. The first-order valence-corrected chi connectivity index (χ1v) is 7.18. The molecule has 2 atom stereocenters. The van der Waals surface area contributed by atoms with E-state index in [9.17, 15) is 4.39 Å². The maximum atomic E-state index is 12.9. The zero-order chi connectivity index (χ0) is 13.4. The monoisotopic (exact) mass is 251 g/mol. The summed E-state index contributed by atoms with van der Waals surface area (Å²) in [6.45, 7) is 6.61. The second-order valence-corrected chi connectivity index (χ2v) is 5.07. The Kier molecular flexibility index (Phi) is 6.96. The van der Waals surface area contributed by atoms with Crippen LogP contribution in [0.15, 0.2) is 24.3 Å². The van der Waals surface area contributed by atoms with Crippen LogP contribution in [0.5, 0.6) is 0 Å². The van der Waals surface area contributed by atoms with E-state index in [1.807, 2.05) is 12.1 Å². The van der Waals surface area contributed by atoms with Gasteiger partial charge in [-0.3, -0.25) is 0 Å². The Morgan fingerprint density at radius 1 is 1.06 bits per heavy atom. The largest absolute Gasteiger partial charge is 0.307 e. The second-order valence-electron chi connectivity index (χ2n) is 5.07. The molecule has 2 heteroatoms. The van der Waals surface area contributed by atoms with Gasteiger partial charge in [0.1, 0.15) is 5.82 Å². The molecule has 0 saturated carbocycles. The summed E-state index contributed by atoms with van der Waals surface area (Å²) in [7, 11) is 0. The average Bonchev–Trinajstić information content (AvgIpc) is 2.37. The number of rotatable bonds is 8. The van der Waals surface area contributed by atoms with E-state index in [4.69, 9.17) is 0 Å². The van der Waals surface area contributed by atoms with Crippen LogP contribution in [-0.4, -0.2) is 6.04 Å². The summed E-state index contributed by atoms with van der Waals surface area (Å²) in [5.74, 6) is -0.165. The van der Waals surface area contributed by atoms with Crippen LogP contribution in [0.1, 0.15) is 64.5 Å². The van der Waals surface area contributed by atoms with Crippen LogP contribution in [0.25, 0.3) is 0 Å². The molecule has 18 heavy (non-hydrogen) atoms. The van der Waals surface area contributed by atoms with E-state index in [2.05, 4.69) is 26.1 Å². The predicted molar refractivity (Wildman–Crippen MR) is 76.2 cm³/mol. The van der Waals surface area contributed by atoms with Crippen molar-refractivity contribution in [2.75, 3.05) is 0 Å². The van der Waals surface area contributed by atoms with Crippen molar-refractivity contribution in [3.63, 3.8) is 0 Å². The summed E-state index contributed by atoms with van der Waals surface area (Å²) in [5, 5.41) is 3.67. The fourth-order valence-corrected chi connectivity index (χ4v) is 2.31. The summed E-state index contributed by atoms with van der Waals surface area (Å²) in [5.41, 5.74) is 1.16. The van der Waals surface area contributed by atoms with Gasteiger partial charge in [0.25, 0.3) is 0 Å². The lowest BCUT2D eigenvalue weighted by Gasteiger charge is -2.23. The van der Waals surface area contributed by atoms with Crippen LogP contribution in [0, 0.1) is 5.82 Å². The van der Waals surface area contributed by atoms with Crippen molar-refractivity contribution in [2.24, 2.45) is 0 Å². The lowest BCUT2D eigenvalue weighted by atomic mass is 10.0. The van der Waals surface area contributed by atoms with Gasteiger partial charge < -0.3 is 5.32 Å². The van der Waals surface area contributed by atoms with Gasteiger partial charge in [0, 0.05) is 12.1 Å². The number of nitrogens with one attached hydrogen (secondary N) is 1. The summed E-state index contributed by atoms with van der Waals surface area (Å²) in [6, 6.07) is 7.68. The van der Waals surface area contributed by atoms with Gasteiger partial charge in [-0.25, -0.2) is 4.39 Å². The summed E-state index contributed by atoms with van der Waals surface area (Å²) >= 11 is 0. The van der Waals surface area contributed by atoms with Gasteiger partial charge in [0.15, 0.2) is 0 Å². The van der Waals surface area contributed by atoms with Crippen molar-refractivity contribution in [1.29, 1.82) is 0 Å². The van der Waals surface area contributed by atoms with Gasteiger partial charge in [-0.15, -0.1) is 0 Å². The smallest absolute Gasteiger partial charge is 0.123 e. The second kappa shape index (κ2) is 8.25. The van der Waals surface area contributed by atoms with Gasteiger partial charge in [-0.1, -0.05) is 45.2 Å². The molecule has 0 bridgehead atoms. The van der Waals surface area contributed by atoms with Gasteiger partial charge in [-0.2, -0.15) is 0 Å². The minimum atomic E-state index is -0.165. The van der Waals surface area contributed by atoms with E-state index in [1.54, 1.807) is 0 Å². The maximum Gasteiger partial charge on any atom is 0.123 e. The van der Waals surface area contributed by atoms with E-state index < -0.39 is 0 Å². The van der Waals surface area contributed by atoms with Crippen molar-refractivity contribution < 1.29 is 4.39 Å². The summed E-state index contributed by atoms with van der Waals surface area (Å²) < 4.78 is 12.9. The summed E-state index contributed by atoms with van der Waals surface area (Å²) in [4.78, 5) is 0. The fourth-order valence-electron chi connectivity index (χ4n) is 2.31. The van der Waals surface area contributed by atoms with Crippen LogP contribution in [-0.2, 0) is 0 Å². The number of benzene rings is 1. The molecule has 0 heterocycles. The minimum absolute atomic E-state index is 0.165. The highest BCUT2D eigenvalue weighted by Crippen LogP contribution is 2.16. The molecule has 0 saturated heterocycles.